The van der Waals surface area contributed by atoms with Crippen molar-refractivity contribution in [2.24, 2.45) is 0 Å². The summed E-state index contributed by atoms with van der Waals surface area (Å²) in [5, 5.41) is 14.1. The second-order valence-electron chi connectivity index (χ2n) is 5.30. The van der Waals surface area contributed by atoms with Crippen LogP contribution in [0.15, 0.2) is 53.3 Å². The molecule has 3 aromatic rings. The first kappa shape index (κ1) is 15.4. The van der Waals surface area contributed by atoms with Gasteiger partial charge >= 0.3 is 0 Å². The Bertz CT molecular complexity index is 1020. The highest BCUT2D eigenvalue weighted by Crippen LogP contribution is 2.23. The van der Waals surface area contributed by atoms with E-state index in [2.05, 4.69) is 10.3 Å². The summed E-state index contributed by atoms with van der Waals surface area (Å²) in [6.07, 6.45) is 0. The van der Waals surface area contributed by atoms with Crippen molar-refractivity contribution in [3.63, 3.8) is 0 Å². The van der Waals surface area contributed by atoms with E-state index in [0.717, 1.165) is 0 Å². The second kappa shape index (κ2) is 5.96. The van der Waals surface area contributed by atoms with Crippen molar-refractivity contribution in [3.8, 4) is 0 Å². The lowest BCUT2D eigenvalue weighted by molar-refractivity contribution is -0.384. The maximum Gasteiger partial charge on any atom is 0.271 e. The number of amides is 1. The fourth-order valence-corrected chi connectivity index (χ4v) is 2.44. The molecule has 3 rings (SSSR count). The minimum atomic E-state index is -0.530. The molecule has 0 aliphatic rings. The minimum absolute atomic E-state index is 0.119. The van der Waals surface area contributed by atoms with Crippen LogP contribution in [-0.4, -0.2) is 15.8 Å². The van der Waals surface area contributed by atoms with Gasteiger partial charge in [-0.25, -0.2) is 0 Å². The number of carbonyl (C=O) groups excluding carboxylic acids is 1. The lowest BCUT2D eigenvalue weighted by Gasteiger charge is -2.10. The van der Waals surface area contributed by atoms with Gasteiger partial charge in [0.2, 0.25) is 5.56 Å². The van der Waals surface area contributed by atoms with Crippen molar-refractivity contribution in [2.75, 3.05) is 5.32 Å². The van der Waals surface area contributed by atoms with Crippen LogP contribution < -0.4 is 10.9 Å². The Labute approximate surface area is 136 Å². The van der Waals surface area contributed by atoms with Crippen molar-refractivity contribution >= 4 is 28.2 Å². The highest BCUT2D eigenvalue weighted by Gasteiger charge is 2.15. The van der Waals surface area contributed by atoms with E-state index in [4.69, 9.17) is 0 Å². The zero-order valence-electron chi connectivity index (χ0n) is 12.7. The van der Waals surface area contributed by atoms with Crippen LogP contribution >= 0.6 is 0 Å². The Kier molecular flexibility index (Phi) is 3.83. The fraction of sp³-hybridized carbons (Fsp3) is 0.0588. The average Bonchev–Trinajstić information content (AvgIpc) is 2.55. The quantitative estimate of drug-likeness (QED) is 0.571. The van der Waals surface area contributed by atoms with E-state index < -0.39 is 16.4 Å². The van der Waals surface area contributed by atoms with Crippen molar-refractivity contribution in [1.82, 2.24) is 4.98 Å². The summed E-state index contributed by atoms with van der Waals surface area (Å²) >= 11 is 0. The number of anilines is 1. The smallest absolute Gasteiger partial charge is 0.271 e. The summed E-state index contributed by atoms with van der Waals surface area (Å²) in [6.45, 7) is 1.73. The van der Waals surface area contributed by atoms with Gasteiger partial charge in [0.1, 0.15) is 0 Å². The molecule has 0 aliphatic heterocycles. The van der Waals surface area contributed by atoms with Crippen molar-refractivity contribution in [1.29, 1.82) is 0 Å². The molecule has 7 nitrogen and oxygen atoms in total. The number of para-hydroxylation sites is 1. The number of non-ortho nitro benzene ring substituents is 1. The molecule has 120 valence electrons. The fourth-order valence-electron chi connectivity index (χ4n) is 2.44. The third kappa shape index (κ3) is 2.87. The maximum atomic E-state index is 12.6. The third-order valence-corrected chi connectivity index (χ3v) is 3.68. The van der Waals surface area contributed by atoms with E-state index in [0.29, 0.717) is 22.2 Å². The average molecular weight is 323 g/mol. The Morgan fingerprint density at radius 2 is 1.92 bits per heavy atom. The van der Waals surface area contributed by atoms with E-state index in [-0.39, 0.29) is 11.3 Å². The number of pyridine rings is 1. The van der Waals surface area contributed by atoms with Crippen LogP contribution in [-0.2, 0) is 0 Å². The molecular weight excluding hydrogens is 310 g/mol. The van der Waals surface area contributed by atoms with Crippen LogP contribution in [0.4, 0.5) is 11.4 Å². The summed E-state index contributed by atoms with van der Waals surface area (Å²) in [5.74, 6) is -0.499. The molecule has 0 fully saturated rings. The van der Waals surface area contributed by atoms with E-state index in [9.17, 15) is 19.7 Å². The number of benzene rings is 2. The molecule has 0 aliphatic carbocycles. The highest BCUT2D eigenvalue weighted by molar-refractivity contribution is 6.12. The molecule has 1 amide bonds. The molecule has 0 saturated heterocycles. The van der Waals surface area contributed by atoms with Crippen LogP contribution in [0.25, 0.3) is 10.9 Å². The largest absolute Gasteiger partial charge is 0.322 e. The molecule has 2 aromatic carbocycles. The minimum Gasteiger partial charge on any atom is -0.322 e. The van der Waals surface area contributed by atoms with E-state index in [1.165, 1.54) is 18.2 Å². The summed E-state index contributed by atoms with van der Waals surface area (Å²) < 4.78 is 0. The van der Waals surface area contributed by atoms with Gasteiger partial charge in [0.15, 0.2) is 0 Å². The number of aryl methyl sites for hydroxylation is 1. The number of nitrogens with zero attached hydrogens (tertiary/aromatic N) is 1. The summed E-state index contributed by atoms with van der Waals surface area (Å²) in [5.41, 5.74) is 1.26. The third-order valence-electron chi connectivity index (χ3n) is 3.68. The van der Waals surface area contributed by atoms with Gasteiger partial charge < -0.3 is 10.3 Å². The van der Waals surface area contributed by atoms with Crippen LogP contribution in [0.2, 0.25) is 0 Å². The van der Waals surface area contributed by atoms with Crippen molar-refractivity contribution in [2.45, 2.75) is 6.92 Å². The normalized spacial score (nSPS) is 10.5. The molecule has 0 unspecified atom stereocenters. The number of carbonyl (C=O) groups is 1. The number of nitrogens with one attached hydrogen (secondary N) is 2. The number of nitro benzene ring substituents is 1. The SMILES string of the molecule is Cc1ccc([N+](=O)[O-])cc1NC(=O)c1cc(=O)[nH]c2ccccc12. The number of hydrogen-bond acceptors (Lipinski definition) is 4. The molecule has 2 N–H and O–H groups in total. The molecule has 0 saturated carbocycles. The van der Waals surface area contributed by atoms with Gasteiger partial charge in [-0.2, -0.15) is 0 Å². The number of nitro groups is 1. The number of aromatic amines is 1. The predicted molar refractivity (Wildman–Crippen MR) is 90.4 cm³/mol. The van der Waals surface area contributed by atoms with Crippen LogP contribution in [0.5, 0.6) is 0 Å². The summed E-state index contributed by atoms with van der Waals surface area (Å²) in [4.78, 5) is 37.3. The van der Waals surface area contributed by atoms with Gasteiger partial charge in [-0.1, -0.05) is 24.3 Å². The van der Waals surface area contributed by atoms with Gasteiger partial charge in [0, 0.05) is 29.1 Å². The first-order chi connectivity index (χ1) is 11.5. The van der Waals surface area contributed by atoms with E-state index in [1.807, 2.05) is 0 Å². The first-order valence-electron chi connectivity index (χ1n) is 7.14. The molecule has 7 heteroatoms. The van der Waals surface area contributed by atoms with Gasteiger partial charge in [-0.05, 0) is 18.6 Å². The molecule has 1 aromatic heterocycles. The van der Waals surface area contributed by atoms with Crippen LogP contribution in [0.1, 0.15) is 15.9 Å². The maximum absolute atomic E-state index is 12.6. The molecule has 1 heterocycles. The number of rotatable bonds is 3. The van der Waals surface area contributed by atoms with Gasteiger partial charge in [-0.15, -0.1) is 0 Å². The van der Waals surface area contributed by atoms with Gasteiger partial charge in [0.05, 0.1) is 16.2 Å². The predicted octanol–water partition coefficient (Wildman–Crippen LogP) is 3.00. The van der Waals surface area contributed by atoms with E-state index in [1.54, 1.807) is 37.3 Å². The number of hydrogen-bond donors (Lipinski definition) is 2. The monoisotopic (exact) mass is 323 g/mol. The molecule has 24 heavy (non-hydrogen) atoms. The Balaban J connectivity index is 2.04. The summed E-state index contributed by atoms with van der Waals surface area (Å²) in [7, 11) is 0. The Hall–Kier alpha value is -3.48. The number of fused-ring (bicyclic) bond motifs is 1. The van der Waals surface area contributed by atoms with Crippen LogP contribution in [0, 0.1) is 17.0 Å². The van der Waals surface area contributed by atoms with E-state index >= 15 is 0 Å². The Morgan fingerprint density at radius 3 is 2.67 bits per heavy atom. The number of H-pyrrole nitrogens is 1. The zero-order valence-corrected chi connectivity index (χ0v) is 12.7. The lowest BCUT2D eigenvalue weighted by Crippen LogP contribution is -2.17. The number of aromatic nitrogens is 1. The molecule has 0 bridgehead atoms. The zero-order chi connectivity index (χ0) is 17.3. The van der Waals surface area contributed by atoms with Crippen molar-refractivity contribution in [3.05, 3.63) is 80.1 Å². The standard InChI is InChI=1S/C17H13N3O4/c1-10-6-7-11(20(23)24)8-15(10)19-17(22)13-9-16(21)18-14-5-3-2-4-12(13)14/h2-9H,1H3,(H,18,21)(H,19,22). The Morgan fingerprint density at radius 1 is 1.17 bits per heavy atom. The van der Waals surface area contributed by atoms with Crippen LogP contribution in [0.3, 0.4) is 0 Å². The molecule has 0 spiro atoms. The van der Waals surface area contributed by atoms with Gasteiger partial charge in [-0.3, -0.25) is 19.7 Å². The first-order valence-corrected chi connectivity index (χ1v) is 7.14. The highest BCUT2D eigenvalue weighted by atomic mass is 16.6. The van der Waals surface area contributed by atoms with Gasteiger partial charge in [0.25, 0.3) is 11.6 Å². The molecular formula is C17H13N3O4. The topological polar surface area (TPSA) is 105 Å². The lowest BCUT2D eigenvalue weighted by atomic mass is 10.1. The second-order valence-corrected chi connectivity index (χ2v) is 5.30. The van der Waals surface area contributed by atoms with Crippen molar-refractivity contribution < 1.29 is 9.72 Å². The molecule has 0 radical (unpaired) electrons. The molecule has 0 atom stereocenters. The summed E-state index contributed by atoms with van der Waals surface area (Å²) in [6, 6.07) is 12.4.